The summed E-state index contributed by atoms with van der Waals surface area (Å²) in [5, 5.41) is 29.5. The molecule has 0 aromatic heterocycles. The van der Waals surface area contributed by atoms with Gasteiger partial charge in [0, 0.05) is 12.3 Å². The summed E-state index contributed by atoms with van der Waals surface area (Å²) in [6, 6.07) is 0. The van der Waals surface area contributed by atoms with Crippen LogP contribution >= 0.6 is 0 Å². The number of hydrogen-bond donors (Lipinski definition) is 3. The van der Waals surface area contributed by atoms with E-state index in [4.69, 9.17) is 14.2 Å². The lowest BCUT2D eigenvalue weighted by molar-refractivity contribution is -0.273. The van der Waals surface area contributed by atoms with E-state index >= 15 is 0 Å². The van der Waals surface area contributed by atoms with Gasteiger partial charge >= 0.3 is 0 Å². The zero-order chi connectivity index (χ0) is 17.1. The van der Waals surface area contributed by atoms with Crippen LogP contribution in [0.25, 0.3) is 0 Å². The summed E-state index contributed by atoms with van der Waals surface area (Å²) in [6.45, 7) is 7.58. The van der Waals surface area contributed by atoms with E-state index in [9.17, 15) is 15.3 Å². The Morgan fingerprint density at radius 1 is 1.13 bits per heavy atom. The van der Waals surface area contributed by atoms with Gasteiger partial charge in [0.1, 0.15) is 6.10 Å². The first kappa shape index (κ1) is 19.1. The van der Waals surface area contributed by atoms with E-state index in [-0.39, 0.29) is 30.7 Å². The van der Waals surface area contributed by atoms with Gasteiger partial charge in [0.05, 0.1) is 24.4 Å². The normalized spacial score (nSPS) is 40.2. The van der Waals surface area contributed by atoms with Crippen molar-refractivity contribution in [3.8, 4) is 0 Å². The minimum atomic E-state index is -0.793. The minimum Gasteiger partial charge on any atom is -0.390 e. The molecule has 0 radical (unpaired) electrons. The topological polar surface area (TPSA) is 88.4 Å². The Labute approximate surface area is 138 Å². The number of rotatable bonds is 8. The molecule has 0 aromatic carbocycles. The van der Waals surface area contributed by atoms with Crippen LogP contribution in [0.4, 0.5) is 0 Å². The molecule has 136 valence electrons. The summed E-state index contributed by atoms with van der Waals surface area (Å²) < 4.78 is 16.7. The van der Waals surface area contributed by atoms with Gasteiger partial charge in [-0.2, -0.15) is 0 Å². The van der Waals surface area contributed by atoms with E-state index in [1.165, 1.54) is 0 Å². The van der Waals surface area contributed by atoms with Gasteiger partial charge in [0.25, 0.3) is 0 Å². The maximum absolute atomic E-state index is 9.93. The van der Waals surface area contributed by atoms with Gasteiger partial charge in [-0.25, -0.2) is 0 Å². The van der Waals surface area contributed by atoms with Gasteiger partial charge in [-0.1, -0.05) is 0 Å². The third-order valence-electron chi connectivity index (χ3n) is 4.75. The fraction of sp³-hybridized carbons (Fsp3) is 1.00. The predicted molar refractivity (Wildman–Crippen MR) is 84.6 cm³/mol. The van der Waals surface area contributed by atoms with Crippen LogP contribution < -0.4 is 0 Å². The van der Waals surface area contributed by atoms with Gasteiger partial charge in [-0.05, 0) is 52.9 Å². The first-order chi connectivity index (χ1) is 10.8. The Morgan fingerprint density at radius 3 is 2.48 bits per heavy atom. The summed E-state index contributed by atoms with van der Waals surface area (Å²) in [6.07, 6.45) is -0.0218. The molecule has 0 amide bonds. The molecule has 1 aliphatic heterocycles. The zero-order valence-electron chi connectivity index (χ0n) is 14.6. The lowest BCUT2D eigenvalue weighted by atomic mass is 10.0. The summed E-state index contributed by atoms with van der Waals surface area (Å²) in [7, 11) is 0. The van der Waals surface area contributed by atoms with Crippen molar-refractivity contribution < 1.29 is 29.5 Å². The molecule has 2 aliphatic rings. The second kappa shape index (κ2) is 8.23. The molecule has 8 atom stereocenters. The highest BCUT2D eigenvalue weighted by atomic mass is 16.7. The smallest absolute Gasteiger partial charge is 0.184 e. The molecular formula is C17H32O6. The van der Waals surface area contributed by atoms with Crippen molar-refractivity contribution in [1.82, 2.24) is 0 Å². The summed E-state index contributed by atoms with van der Waals surface area (Å²) >= 11 is 0. The lowest BCUT2D eigenvalue weighted by Gasteiger charge is -2.36. The average molecular weight is 332 g/mol. The summed E-state index contributed by atoms with van der Waals surface area (Å²) in [5.41, 5.74) is 0. The van der Waals surface area contributed by atoms with Crippen molar-refractivity contribution in [2.75, 3.05) is 0 Å². The molecule has 2 rings (SSSR count). The molecule has 23 heavy (non-hydrogen) atoms. The quantitative estimate of drug-likeness (QED) is 0.583. The number of ether oxygens (including phenoxy) is 3. The second-order valence-corrected chi connectivity index (χ2v) is 7.34. The standard InChI is InChI=1S/C17H32O6/c1-9(2)21-16(20)13-7-12(13)6-5-10(3)22-17-15(19)8-14(18)11(4)23-17/h9-20H,5-8H2,1-4H3/t10-,11+,12-,13-,14-,15-,16?,17-/m1/s1. The van der Waals surface area contributed by atoms with E-state index < -0.39 is 24.8 Å². The second-order valence-electron chi connectivity index (χ2n) is 7.34. The zero-order valence-corrected chi connectivity index (χ0v) is 14.6. The Kier molecular flexibility index (Phi) is 6.83. The Bertz CT molecular complexity index is 363. The highest BCUT2D eigenvalue weighted by Crippen LogP contribution is 2.45. The van der Waals surface area contributed by atoms with Gasteiger partial charge in [0.15, 0.2) is 12.6 Å². The Hall–Kier alpha value is -0.240. The molecular weight excluding hydrogens is 300 g/mol. The van der Waals surface area contributed by atoms with E-state index in [1.807, 2.05) is 20.8 Å². The Morgan fingerprint density at radius 2 is 1.83 bits per heavy atom. The number of hydrogen-bond acceptors (Lipinski definition) is 6. The molecule has 6 heteroatoms. The number of aliphatic hydroxyl groups excluding tert-OH is 3. The molecule has 1 unspecified atom stereocenters. The monoisotopic (exact) mass is 332 g/mol. The fourth-order valence-corrected chi connectivity index (χ4v) is 3.14. The molecule has 0 bridgehead atoms. The van der Waals surface area contributed by atoms with Crippen LogP contribution in [-0.2, 0) is 14.2 Å². The van der Waals surface area contributed by atoms with Crippen LogP contribution in [0, 0.1) is 11.8 Å². The molecule has 0 aromatic rings. The first-order valence-corrected chi connectivity index (χ1v) is 8.78. The summed E-state index contributed by atoms with van der Waals surface area (Å²) in [4.78, 5) is 0. The van der Waals surface area contributed by atoms with Crippen LogP contribution in [0.1, 0.15) is 53.4 Å². The molecule has 2 fully saturated rings. The third-order valence-corrected chi connectivity index (χ3v) is 4.75. The SMILES string of the molecule is CC(C)OC(O)[C@@H]1C[C@H]1CC[C@@H](C)O[C@@H]1O[C@@H](C)[C@H](O)C[C@H]1O. The highest BCUT2D eigenvalue weighted by Gasteiger charge is 2.43. The molecule has 3 N–H and O–H groups in total. The maximum Gasteiger partial charge on any atom is 0.184 e. The van der Waals surface area contributed by atoms with Gasteiger partial charge < -0.3 is 29.5 Å². The van der Waals surface area contributed by atoms with Crippen molar-refractivity contribution in [3.63, 3.8) is 0 Å². The molecule has 0 spiro atoms. The van der Waals surface area contributed by atoms with Gasteiger partial charge in [0.2, 0.25) is 0 Å². The third kappa shape index (κ3) is 5.66. The maximum atomic E-state index is 9.93. The van der Waals surface area contributed by atoms with Crippen LogP contribution in [0.3, 0.4) is 0 Å². The van der Waals surface area contributed by atoms with Crippen LogP contribution in [-0.4, -0.2) is 58.4 Å². The molecule has 1 saturated heterocycles. The van der Waals surface area contributed by atoms with Crippen molar-refractivity contribution in [3.05, 3.63) is 0 Å². The lowest BCUT2D eigenvalue weighted by Crippen LogP contribution is -2.48. The molecule has 6 nitrogen and oxygen atoms in total. The van der Waals surface area contributed by atoms with E-state index in [2.05, 4.69) is 0 Å². The van der Waals surface area contributed by atoms with Crippen molar-refractivity contribution in [2.45, 2.75) is 96.5 Å². The Balaban J connectivity index is 1.65. The molecule has 1 saturated carbocycles. The molecule has 1 aliphatic carbocycles. The first-order valence-electron chi connectivity index (χ1n) is 8.78. The fourth-order valence-electron chi connectivity index (χ4n) is 3.14. The van der Waals surface area contributed by atoms with Crippen molar-refractivity contribution in [1.29, 1.82) is 0 Å². The van der Waals surface area contributed by atoms with Crippen LogP contribution in [0.5, 0.6) is 0 Å². The van der Waals surface area contributed by atoms with E-state index in [0.717, 1.165) is 19.3 Å². The largest absolute Gasteiger partial charge is 0.390 e. The van der Waals surface area contributed by atoms with Crippen molar-refractivity contribution >= 4 is 0 Å². The predicted octanol–water partition coefficient (Wildman–Crippen LogP) is 1.41. The number of aliphatic hydroxyl groups is 3. The highest BCUT2D eigenvalue weighted by molar-refractivity contribution is 4.89. The van der Waals surface area contributed by atoms with Gasteiger partial charge in [-0.15, -0.1) is 0 Å². The van der Waals surface area contributed by atoms with Crippen molar-refractivity contribution in [2.24, 2.45) is 11.8 Å². The summed E-state index contributed by atoms with van der Waals surface area (Å²) in [5.74, 6) is 0.712. The van der Waals surface area contributed by atoms with E-state index in [1.54, 1.807) is 6.92 Å². The average Bonchev–Trinajstić information content (AvgIpc) is 3.21. The van der Waals surface area contributed by atoms with E-state index in [0.29, 0.717) is 5.92 Å². The van der Waals surface area contributed by atoms with Crippen LogP contribution in [0.2, 0.25) is 0 Å². The van der Waals surface area contributed by atoms with Crippen LogP contribution in [0.15, 0.2) is 0 Å². The van der Waals surface area contributed by atoms with Gasteiger partial charge in [-0.3, -0.25) is 0 Å². The minimum absolute atomic E-state index is 0.0378. The molecule has 1 heterocycles.